The molecule has 2 aromatic carbocycles. The quantitative estimate of drug-likeness (QED) is 0.517. The minimum Gasteiger partial charge on any atom is -0.468 e. The maximum Gasteiger partial charge on any atom is 0.313 e. The number of anilines is 2. The normalized spacial score (nSPS) is 15.1. The summed E-state index contributed by atoms with van der Waals surface area (Å²) in [5, 5.41) is 5.85. The molecule has 1 saturated heterocycles. The Labute approximate surface area is 202 Å². The van der Waals surface area contributed by atoms with Crippen LogP contribution in [0, 0.1) is 12.7 Å². The van der Waals surface area contributed by atoms with E-state index in [9.17, 15) is 14.0 Å². The molecule has 1 aliphatic rings. The number of amides is 2. The first kappa shape index (κ1) is 23.8. The van der Waals surface area contributed by atoms with Crippen molar-refractivity contribution in [3.63, 3.8) is 0 Å². The maximum atomic E-state index is 13.2. The van der Waals surface area contributed by atoms with Gasteiger partial charge in [-0.1, -0.05) is 17.7 Å². The third kappa shape index (κ3) is 5.58. The van der Waals surface area contributed by atoms with Crippen LogP contribution in [0.2, 0.25) is 5.02 Å². The number of halogens is 2. The zero-order chi connectivity index (χ0) is 24.1. The van der Waals surface area contributed by atoms with Crippen LogP contribution in [-0.2, 0) is 9.59 Å². The average Bonchev–Trinajstić information content (AvgIpc) is 3.37. The van der Waals surface area contributed by atoms with Crippen molar-refractivity contribution in [2.45, 2.75) is 13.0 Å². The minimum absolute atomic E-state index is 0.213. The monoisotopic (exact) mass is 484 g/mol. The van der Waals surface area contributed by atoms with E-state index in [1.54, 1.807) is 49.6 Å². The van der Waals surface area contributed by atoms with Crippen LogP contribution in [0.4, 0.5) is 15.8 Å². The summed E-state index contributed by atoms with van der Waals surface area (Å²) in [6.45, 7) is 4.90. The number of hydrogen-bond donors (Lipinski definition) is 2. The van der Waals surface area contributed by atoms with Crippen molar-refractivity contribution in [3.8, 4) is 0 Å². The Balaban J connectivity index is 1.37. The molecule has 3 aromatic rings. The lowest BCUT2D eigenvalue weighted by Gasteiger charge is -2.39. The second-order valence-corrected chi connectivity index (χ2v) is 8.51. The Bertz CT molecular complexity index is 1130. The Morgan fingerprint density at radius 1 is 1.03 bits per heavy atom. The van der Waals surface area contributed by atoms with E-state index in [0.717, 1.165) is 18.8 Å². The predicted molar refractivity (Wildman–Crippen MR) is 129 cm³/mol. The Morgan fingerprint density at radius 2 is 1.76 bits per heavy atom. The molecule has 1 aliphatic heterocycles. The molecule has 178 valence electrons. The highest BCUT2D eigenvalue weighted by molar-refractivity contribution is 6.40. The van der Waals surface area contributed by atoms with Gasteiger partial charge >= 0.3 is 11.8 Å². The zero-order valence-corrected chi connectivity index (χ0v) is 19.5. The van der Waals surface area contributed by atoms with E-state index in [1.165, 1.54) is 12.1 Å². The lowest BCUT2D eigenvalue weighted by atomic mass is 10.1. The number of hydrogen-bond acceptors (Lipinski definition) is 5. The predicted octanol–water partition coefficient (Wildman–Crippen LogP) is 4.00. The van der Waals surface area contributed by atoms with Crippen LogP contribution in [0.1, 0.15) is 17.4 Å². The van der Waals surface area contributed by atoms with Crippen molar-refractivity contribution in [1.29, 1.82) is 0 Å². The Kier molecular flexibility index (Phi) is 7.49. The van der Waals surface area contributed by atoms with Gasteiger partial charge in [-0.15, -0.1) is 0 Å². The van der Waals surface area contributed by atoms with Gasteiger partial charge in [0.2, 0.25) is 0 Å². The van der Waals surface area contributed by atoms with Crippen LogP contribution in [0.3, 0.4) is 0 Å². The van der Waals surface area contributed by atoms with E-state index >= 15 is 0 Å². The molecule has 2 heterocycles. The topological polar surface area (TPSA) is 77.8 Å². The summed E-state index contributed by atoms with van der Waals surface area (Å²) in [5.41, 5.74) is 2.15. The summed E-state index contributed by atoms with van der Waals surface area (Å²) in [6, 6.07) is 15.0. The summed E-state index contributed by atoms with van der Waals surface area (Å²) in [7, 11) is 0. The van der Waals surface area contributed by atoms with E-state index in [-0.39, 0.29) is 18.4 Å². The highest BCUT2D eigenvalue weighted by Crippen LogP contribution is 2.25. The van der Waals surface area contributed by atoms with E-state index < -0.39 is 11.8 Å². The van der Waals surface area contributed by atoms with Crippen LogP contribution in [0.25, 0.3) is 0 Å². The fourth-order valence-electron chi connectivity index (χ4n) is 4.03. The third-order valence-corrected chi connectivity index (χ3v) is 6.41. The highest BCUT2D eigenvalue weighted by Gasteiger charge is 2.28. The van der Waals surface area contributed by atoms with E-state index in [1.807, 2.05) is 6.07 Å². The number of benzene rings is 2. The van der Waals surface area contributed by atoms with Gasteiger partial charge in [-0.25, -0.2) is 4.39 Å². The molecule has 4 rings (SSSR count). The molecule has 34 heavy (non-hydrogen) atoms. The van der Waals surface area contributed by atoms with Crippen LogP contribution >= 0.6 is 11.6 Å². The molecule has 2 amide bonds. The maximum absolute atomic E-state index is 13.2. The smallest absolute Gasteiger partial charge is 0.313 e. The average molecular weight is 485 g/mol. The third-order valence-electron chi connectivity index (χ3n) is 6.00. The van der Waals surface area contributed by atoms with Gasteiger partial charge in [0, 0.05) is 49.1 Å². The minimum atomic E-state index is -0.760. The number of carbonyl (C=O) groups is 2. The lowest BCUT2D eigenvalue weighted by molar-refractivity contribution is -0.136. The van der Waals surface area contributed by atoms with Crippen LogP contribution < -0.4 is 15.5 Å². The van der Waals surface area contributed by atoms with Gasteiger partial charge in [-0.2, -0.15) is 0 Å². The van der Waals surface area contributed by atoms with Gasteiger partial charge in [-0.05, 0) is 61.0 Å². The second-order valence-electron chi connectivity index (χ2n) is 8.11. The Hall–Kier alpha value is -3.36. The van der Waals surface area contributed by atoms with Crippen molar-refractivity contribution in [3.05, 3.63) is 83.0 Å². The molecule has 1 aromatic heterocycles. The number of nitrogens with zero attached hydrogens (tertiary/aromatic N) is 2. The zero-order valence-electron chi connectivity index (χ0n) is 18.8. The molecule has 0 spiro atoms. The van der Waals surface area contributed by atoms with Crippen molar-refractivity contribution < 1.29 is 18.4 Å². The van der Waals surface area contributed by atoms with Gasteiger partial charge in [-0.3, -0.25) is 14.5 Å². The lowest BCUT2D eigenvalue weighted by Crippen LogP contribution is -2.50. The van der Waals surface area contributed by atoms with Crippen LogP contribution in [-0.4, -0.2) is 49.4 Å². The number of rotatable bonds is 6. The first-order valence-electron chi connectivity index (χ1n) is 11.0. The highest BCUT2D eigenvalue weighted by atomic mass is 35.5. The fraction of sp³-hybridized carbons (Fsp3) is 0.280. The summed E-state index contributed by atoms with van der Waals surface area (Å²) in [6.07, 6.45) is 1.59. The largest absolute Gasteiger partial charge is 0.468 e. The molecule has 1 fully saturated rings. The molecule has 0 saturated carbocycles. The van der Waals surface area contributed by atoms with Crippen molar-refractivity contribution >= 4 is 34.8 Å². The molecule has 0 radical (unpaired) electrons. The molecule has 0 bridgehead atoms. The summed E-state index contributed by atoms with van der Waals surface area (Å²) in [5.74, 6) is -1.04. The molecular weight excluding hydrogens is 459 g/mol. The van der Waals surface area contributed by atoms with Gasteiger partial charge in [0.15, 0.2) is 0 Å². The van der Waals surface area contributed by atoms with E-state index in [0.29, 0.717) is 35.1 Å². The molecule has 9 heteroatoms. The van der Waals surface area contributed by atoms with Gasteiger partial charge in [0.1, 0.15) is 11.6 Å². The van der Waals surface area contributed by atoms with Crippen molar-refractivity contribution in [2.75, 3.05) is 42.9 Å². The fourth-order valence-corrected chi connectivity index (χ4v) is 4.20. The van der Waals surface area contributed by atoms with Crippen LogP contribution in [0.15, 0.2) is 65.3 Å². The van der Waals surface area contributed by atoms with Crippen molar-refractivity contribution in [2.24, 2.45) is 0 Å². The van der Waals surface area contributed by atoms with Crippen LogP contribution in [0.5, 0.6) is 0 Å². The number of nitrogens with one attached hydrogen (secondary N) is 2. The number of carbonyl (C=O) groups excluding carboxylic acids is 2. The van der Waals surface area contributed by atoms with E-state index in [2.05, 4.69) is 20.4 Å². The summed E-state index contributed by atoms with van der Waals surface area (Å²) >= 11 is 6.09. The molecule has 7 nitrogen and oxygen atoms in total. The van der Waals surface area contributed by atoms with Crippen molar-refractivity contribution in [1.82, 2.24) is 10.2 Å². The van der Waals surface area contributed by atoms with Gasteiger partial charge in [0.05, 0.1) is 12.3 Å². The summed E-state index contributed by atoms with van der Waals surface area (Å²) in [4.78, 5) is 29.4. The number of piperazine rings is 1. The second kappa shape index (κ2) is 10.7. The molecule has 0 aliphatic carbocycles. The molecule has 1 unspecified atom stereocenters. The first-order valence-corrected chi connectivity index (χ1v) is 11.4. The SMILES string of the molecule is Cc1c(Cl)cccc1NC(=O)C(=O)NCC(c1ccco1)N1CCN(c2ccc(F)cc2)CC1. The van der Waals surface area contributed by atoms with Gasteiger partial charge < -0.3 is 20.0 Å². The number of furan rings is 1. The molecule has 1 atom stereocenters. The molecular formula is C25H26ClFN4O3. The standard InChI is InChI=1S/C25H26ClFN4O3/c1-17-20(26)4-2-5-21(17)29-25(33)24(32)28-16-22(23-6-3-15-34-23)31-13-11-30(12-14-31)19-9-7-18(27)8-10-19/h2-10,15,22H,11-14,16H2,1H3,(H,28,32)(H,29,33). The molecule has 2 N–H and O–H groups in total. The summed E-state index contributed by atoms with van der Waals surface area (Å²) < 4.78 is 18.9. The Morgan fingerprint density at radius 3 is 2.44 bits per heavy atom. The first-order chi connectivity index (χ1) is 16.4. The van der Waals surface area contributed by atoms with E-state index in [4.69, 9.17) is 16.0 Å². The van der Waals surface area contributed by atoms with Gasteiger partial charge in [0.25, 0.3) is 0 Å².